The highest BCUT2D eigenvalue weighted by Crippen LogP contribution is 2.33. The van der Waals surface area contributed by atoms with E-state index in [4.69, 9.17) is 13.9 Å². The molecule has 24 heavy (non-hydrogen) atoms. The molecule has 0 radical (unpaired) electrons. The van der Waals surface area contributed by atoms with E-state index in [1.807, 2.05) is 48.5 Å². The van der Waals surface area contributed by atoms with E-state index in [1.54, 1.807) is 11.0 Å². The van der Waals surface area contributed by atoms with Crippen LogP contribution in [0.3, 0.4) is 0 Å². The third-order valence-electron chi connectivity index (χ3n) is 3.86. The third kappa shape index (κ3) is 2.72. The Labute approximate surface area is 139 Å². The summed E-state index contributed by atoms with van der Waals surface area (Å²) in [5, 5.41) is 0. The molecule has 1 aromatic heterocycles. The number of hydrogen-bond acceptors (Lipinski definition) is 4. The lowest BCUT2D eigenvalue weighted by Crippen LogP contribution is -2.30. The number of ether oxygens (including phenoxy) is 2. The average molecular weight is 321 g/mol. The number of benzene rings is 2. The van der Waals surface area contributed by atoms with Crippen LogP contribution in [0.25, 0.3) is 0 Å². The molecule has 0 unspecified atom stereocenters. The third-order valence-corrected chi connectivity index (χ3v) is 3.86. The van der Waals surface area contributed by atoms with E-state index in [-0.39, 0.29) is 12.7 Å². The summed E-state index contributed by atoms with van der Waals surface area (Å²) in [4.78, 5) is 14.6. The van der Waals surface area contributed by atoms with Crippen molar-refractivity contribution in [3.63, 3.8) is 0 Å². The van der Waals surface area contributed by atoms with Crippen LogP contribution in [0.1, 0.15) is 15.9 Å². The number of amides is 1. The van der Waals surface area contributed by atoms with Gasteiger partial charge in [-0.15, -0.1) is 0 Å². The minimum Gasteiger partial charge on any atom is -0.472 e. The predicted octanol–water partition coefficient (Wildman–Crippen LogP) is 3.86. The number of rotatable bonds is 4. The smallest absolute Gasteiger partial charge is 0.261 e. The molecule has 2 aromatic carbocycles. The highest BCUT2D eigenvalue weighted by Gasteiger charge is 2.20. The maximum Gasteiger partial charge on any atom is 0.261 e. The van der Waals surface area contributed by atoms with Crippen molar-refractivity contribution in [2.24, 2.45) is 0 Å². The Morgan fingerprint density at radius 1 is 1.00 bits per heavy atom. The van der Waals surface area contributed by atoms with Crippen molar-refractivity contribution in [3.8, 4) is 11.5 Å². The zero-order chi connectivity index (χ0) is 16.4. The van der Waals surface area contributed by atoms with Crippen LogP contribution in [0, 0.1) is 0 Å². The van der Waals surface area contributed by atoms with Gasteiger partial charge in [-0.05, 0) is 35.9 Å². The van der Waals surface area contributed by atoms with Gasteiger partial charge in [-0.2, -0.15) is 0 Å². The van der Waals surface area contributed by atoms with Gasteiger partial charge >= 0.3 is 0 Å². The number of nitrogens with zero attached hydrogens (tertiary/aromatic N) is 1. The lowest BCUT2D eigenvalue weighted by molar-refractivity contribution is 0.0984. The maximum atomic E-state index is 12.9. The molecule has 5 nitrogen and oxygen atoms in total. The van der Waals surface area contributed by atoms with Gasteiger partial charge in [0.25, 0.3) is 5.91 Å². The van der Waals surface area contributed by atoms with Crippen molar-refractivity contribution in [2.75, 3.05) is 11.7 Å². The Kier molecular flexibility index (Phi) is 3.67. The molecule has 1 aliphatic rings. The summed E-state index contributed by atoms with van der Waals surface area (Å²) in [5.74, 6) is 1.31. The number of carbonyl (C=O) groups is 1. The molecule has 4 rings (SSSR count). The molecule has 0 N–H and O–H groups in total. The Balaban J connectivity index is 1.67. The highest BCUT2D eigenvalue weighted by molar-refractivity contribution is 6.05. The first-order chi connectivity index (χ1) is 11.8. The minimum absolute atomic E-state index is 0.118. The van der Waals surface area contributed by atoms with Crippen LogP contribution in [0.15, 0.2) is 71.5 Å². The number of hydrogen-bond donors (Lipinski definition) is 0. The van der Waals surface area contributed by atoms with Crippen LogP contribution in [-0.4, -0.2) is 12.7 Å². The molecule has 0 bridgehead atoms. The summed E-state index contributed by atoms with van der Waals surface area (Å²) in [5.41, 5.74) is 2.29. The van der Waals surface area contributed by atoms with Crippen LogP contribution < -0.4 is 14.4 Å². The van der Waals surface area contributed by atoms with E-state index in [2.05, 4.69) is 0 Å². The molecular formula is C19H15NO4. The Morgan fingerprint density at radius 2 is 1.83 bits per heavy atom. The largest absolute Gasteiger partial charge is 0.472 e. The molecule has 3 aromatic rings. The zero-order valence-corrected chi connectivity index (χ0v) is 12.8. The molecule has 0 fully saturated rings. The van der Waals surface area contributed by atoms with E-state index in [1.165, 1.54) is 12.5 Å². The number of carbonyl (C=O) groups excluding carboxylic acids is 1. The topological polar surface area (TPSA) is 51.9 Å². The van der Waals surface area contributed by atoms with Gasteiger partial charge in [0.05, 0.1) is 18.4 Å². The van der Waals surface area contributed by atoms with Crippen LogP contribution in [0.2, 0.25) is 0 Å². The molecule has 2 heterocycles. The number of para-hydroxylation sites is 1. The summed E-state index contributed by atoms with van der Waals surface area (Å²) in [7, 11) is 0. The lowest BCUT2D eigenvalue weighted by Gasteiger charge is -2.22. The second-order valence-corrected chi connectivity index (χ2v) is 5.43. The standard InChI is InChI=1S/C19H15NO4/c21-19(15-8-9-22-12-15)20(16-4-2-1-3-5-16)11-14-6-7-17-18(10-14)24-13-23-17/h1-10,12H,11,13H2. The molecule has 120 valence electrons. The van der Waals surface area contributed by atoms with E-state index in [0.717, 1.165) is 17.0 Å². The molecular weight excluding hydrogens is 306 g/mol. The Hall–Kier alpha value is -3.21. The molecule has 0 saturated heterocycles. The van der Waals surface area contributed by atoms with Gasteiger partial charge in [0.15, 0.2) is 11.5 Å². The monoisotopic (exact) mass is 321 g/mol. The van der Waals surface area contributed by atoms with Crippen LogP contribution in [-0.2, 0) is 6.54 Å². The average Bonchev–Trinajstić information content (AvgIpc) is 3.31. The minimum atomic E-state index is -0.118. The fourth-order valence-corrected chi connectivity index (χ4v) is 2.65. The van der Waals surface area contributed by atoms with Gasteiger partial charge in [0, 0.05) is 5.69 Å². The van der Waals surface area contributed by atoms with Gasteiger partial charge in [-0.1, -0.05) is 24.3 Å². The first-order valence-corrected chi connectivity index (χ1v) is 7.59. The highest BCUT2D eigenvalue weighted by atomic mass is 16.7. The first-order valence-electron chi connectivity index (χ1n) is 7.59. The SMILES string of the molecule is O=C(c1ccoc1)N(Cc1ccc2c(c1)OCO2)c1ccccc1. The molecule has 5 heteroatoms. The van der Waals surface area contributed by atoms with E-state index in [0.29, 0.717) is 17.9 Å². The van der Waals surface area contributed by atoms with Crippen LogP contribution in [0.4, 0.5) is 5.69 Å². The fraction of sp³-hybridized carbons (Fsp3) is 0.105. The molecule has 0 atom stereocenters. The molecule has 1 amide bonds. The zero-order valence-electron chi connectivity index (χ0n) is 12.8. The van der Waals surface area contributed by atoms with Gasteiger partial charge in [0.2, 0.25) is 6.79 Å². The van der Waals surface area contributed by atoms with E-state index in [9.17, 15) is 4.79 Å². The summed E-state index contributed by atoms with van der Waals surface area (Å²) in [6, 6.07) is 16.9. The first kappa shape index (κ1) is 14.4. The van der Waals surface area contributed by atoms with Crippen LogP contribution >= 0.6 is 0 Å². The second kappa shape index (κ2) is 6.12. The molecule has 0 spiro atoms. The van der Waals surface area contributed by atoms with Crippen molar-refractivity contribution in [1.29, 1.82) is 0 Å². The normalized spacial score (nSPS) is 12.2. The Morgan fingerprint density at radius 3 is 2.62 bits per heavy atom. The van der Waals surface area contributed by atoms with Crippen molar-refractivity contribution in [2.45, 2.75) is 6.54 Å². The van der Waals surface area contributed by atoms with Crippen molar-refractivity contribution in [3.05, 3.63) is 78.3 Å². The van der Waals surface area contributed by atoms with Crippen molar-refractivity contribution >= 4 is 11.6 Å². The van der Waals surface area contributed by atoms with E-state index < -0.39 is 0 Å². The summed E-state index contributed by atoms with van der Waals surface area (Å²) in [6.07, 6.45) is 2.95. The quantitative estimate of drug-likeness (QED) is 0.732. The van der Waals surface area contributed by atoms with E-state index >= 15 is 0 Å². The van der Waals surface area contributed by atoms with Gasteiger partial charge < -0.3 is 18.8 Å². The van der Waals surface area contributed by atoms with Crippen molar-refractivity contribution in [1.82, 2.24) is 0 Å². The summed E-state index contributed by atoms with van der Waals surface area (Å²) in [6.45, 7) is 0.653. The summed E-state index contributed by atoms with van der Waals surface area (Å²) < 4.78 is 15.8. The van der Waals surface area contributed by atoms with Crippen LogP contribution in [0.5, 0.6) is 11.5 Å². The molecule has 0 saturated carbocycles. The number of furan rings is 1. The lowest BCUT2D eigenvalue weighted by atomic mass is 10.1. The maximum absolute atomic E-state index is 12.9. The molecule has 0 aliphatic carbocycles. The van der Waals surface area contributed by atoms with Gasteiger partial charge in [-0.3, -0.25) is 4.79 Å². The second-order valence-electron chi connectivity index (χ2n) is 5.43. The number of fused-ring (bicyclic) bond motifs is 1. The Bertz CT molecular complexity index is 843. The van der Waals surface area contributed by atoms with Gasteiger partial charge in [0.1, 0.15) is 6.26 Å². The summed E-state index contributed by atoms with van der Waals surface area (Å²) >= 11 is 0. The van der Waals surface area contributed by atoms with Crippen molar-refractivity contribution < 1.29 is 18.7 Å². The van der Waals surface area contributed by atoms with Gasteiger partial charge in [-0.25, -0.2) is 0 Å². The molecule has 1 aliphatic heterocycles. The fourth-order valence-electron chi connectivity index (χ4n) is 2.65. The number of anilines is 1. The predicted molar refractivity (Wildman–Crippen MR) is 88.2 cm³/mol.